The Labute approximate surface area is 118 Å². The largest absolute Gasteiger partial charge is 0.516 e. The number of ether oxygens (including phenoxy) is 1. The van der Waals surface area contributed by atoms with E-state index >= 15 is 0 Å². The van der Waals surface area contributed by atoms with Gasteiger partial charge in [-0.1, -0.05) is 0 Å². The van der Waals surface area contributed by atoms with E-state index in [4.69, 9.17) is 14.9 Å². The van der Waals surface area contributed by atoms with Gasteiger partial charge in [0.1, 0.15) is 23.9 Å². The molecule has 0 bridgehead atoms. The van der Waals surface area contributed by atoms with E-state index in [9.17, 15) is 19.8 Å². The molecule has 0 aromatic carbocycles. The van der Waals surface area contributed by atoms with Crippen molar-refractivity contribution in [3.8, 4) is 0 Å². The summed E-state index contributed by atoms with van der Waals surface area (Å²) in [6.07, 6.45) is -1.20. The normalized spacial score (nSPS) is 32.8. The van der Waals surface area contributed by atoms with E-state index in [1.54, 1.807) is 0 Å². The summed E-state index contributed by atoms with van der Waals surface area (Å²) in [5.41, 5.74) is -3.34. The average Bonchev–Trinajstić information content (AvgIpc) is 2.70. The molecule has 1 fully saturated rings. The van der Waals surface area contributed by atoms with Gasteiger partial charge in [0, 0.05) is 12.6 Å². The summed E-state index contributed by atoms with van der Waals surface area (Å²) < 4.78 is 5.48. The van der Waals surface area contributed by atoms with Crippen molar-refractivity contribution in [1.82, 2.24) is 9.97 Å². The van der Waals surface area contributed by atoms with Crippen LogP contribution >= 0.6 is 0 Å². The van der Waals surface area contributed by atoms with Crippen LogP contribution in [0, 0.1) is 0 Å². The van der Waals surface area contributed by atoms with Crippen molar-refractivity contribution in [3.63, 3.8) is 0 Å². The number of H-pyrrole nitrogens is 2. The van der Waals surface area contributed by atoms with Crippen LogP contribution in [0.5, 0.6) is 0 Å². The number of hydrogen-bond acceptors (Lipinski definition) is 7. The van der Waals surface area contributed by atoms with Crippen molar-refractivity contribution < 1.29 is 25.2 Å². The number of aromatic nitrogens is 2. The zero-order valence-corrected chi connectivity index (χ0v) is 10.9. The molecule has 116 valence electrons. The quantitative estimate of drug-likeness (QED) is 0.346. The first kappa shape index (κ1) is 15.4. The van der Waals surface area contributed by atoms with Gasteiger partial charge in [0.05, 0.1) is 18.4 Å². The fraction of sp³-hybridized carbons (Fsp3) is 0.500. The van der Waals surface area contributed by atoms with Crippen molar-refractivity contribution >= 4 is 0 Å². The Morgan fingerprint density at radius 3 is 2.62 bits per heavy atom. The third-order valence-corrected chi connectivity index (χ3v) is 3.53. The maximum absolute atomic E-state index is 11.9. The zero-order valence-electron chi connectivity index (χ0n) is 10.9. The van der Waals surface area contributed by atoms with E-state index < -0.39 is 41.8 Å². The minimum absolute atomic E-state index is 0.122. The molecule has 2 rings (SSSR count). The molecule has 2 heterocycles. The minimum atomic E-state index is -1.69. The van der Waals surface area contributed by atoms with Crippen LogP contribution in [0.1, 0.15) is 12.0 Å². The van der Waals surface area contributed by atoms with Crippen molar-refractivity contribution in [1.29, 1.82) is 0 Å². The lowest BCUT2D eigenvalue weighted by atomic mass is 9.85. The molecule has 4 atom stereocenters. The van der Waals surface area contributed by atoms with Crippen molar-refractivity contribution in [2.45, 2.75) is 30.3 Å². The fourth-order valence-corrected chi connectivity index (χ4v) is 2.49. The Balaban J connectivity index is 2.57. The molecule has 9 nitrogen and oxygen atoms in total. The molecule has 0 spiro atoms. The van der Waals surface area contributed by atoms with E-state index in [0.29, 0.717) is 6.26 Å². The number of nitrogens with one attached hydrogen (secondary N) is 2. The third kappa shape index (κ3) is 2.51. The predicted molar refractivity (Wildman–Crippen MR) is 69.7 cm³/mol. The molecular formula is C12H16N2O7. The molecular weight excluding hydrogens is 284 g/mol. The SMILES string of the molecule is O=c1[nH]cc([C@]2(CC=CO)O[C@H](CO)[C@@H](O)[C@H]2O)c(=O)[nH]1. The van der Waals surface area contributed by atoms with Crippen LogP contribution in [-0.4, -0.2) is 55.3 Å². The fourth-order valence-electron chi connectivity index (χ4n) is 2.49. The van der Waals surface area contributed by atoms with Gasteiger partial charge in [-0.05, 0) is 6.08 Å². The smallest absolute Gasteiger partial charge is 0.325 e. The van der Waals surface area contributed by atoms with Crippen LogP contribution in [0.25, 0.3) is 0 Å². The second-order valence-electron chi connectivity index (χ2n) is 4.74. The molecule has 1 aliphatic heterocycles. The van der Waals surface area contributed by atoms with E-state index in [2.05, 4.69) is 4.98 Å². The molecule has 1 aliphatic rings. The Bertz CT molecular complexity index is 637. The molecule has 0 aliphatic carbocycles. The molecule has 0 unspecified atom stereocenters. The third-order valence-electron chi connectivity index (χ3n) is 3.53. The summed E-state index contributed by atoms with van der Waals surface area (Å²) in [5, 5.41) is 38.1. The van der Waals surface area contributed by atoms with Crippen LogP contribution in [-0.2, 0) is 10.3 Å². The number of aromatic amines is 2. The molecule has 0 radical (unpaired) electrons. The summed E-state index contributed by atoms with van der Waals surface area (Å²) in [6.45, 7) is -0.565. The summed E-state index contributed by atoms with van der Waals surface area (Å²) in [4.78, 5) is 27.3. The standard InChI is InChI=1S/C12H16N2O7/c15-3-1-2-12(6-4-13-11(20)14-10(6)19)9(18)8(17)7(5-16)21-12/h1,3-4,7-9,15-18H,2,5H2,(H2,13,14,19,20)/t7-,8-,9-,12+/m1/s1. The number of aliphatic hydroxyl groups excluding tert-OH is 4. The van der Waals surface area contributed by atoms with E-state index in [-0.39, 0.29) is 12.0 Å². The molecule has 1 aromatic heterocycles. The van der Waals surface area contributed by atoms with E-state index in [1.807, 2.05) is 4.98 Å². The number of aliphatic hydroxyl groups is 4. The second kappa shape index (κ2) is 5.82. The van der Waals surface area contributed by atoms with Gasteiger partial charge in [-0.25, -0.2) is 4.79 Å². The van der Waals surface area contributed by atoms with Crippen molar-refractivity contribution in [2.24, 2.45) is 0 Å². The first-order valence-electron chi connectivity index (χ1n) is 6.22. The molecule has 1 aromatic rings. The topological polar surface area (TPSA) is 156 Å². The number of rotatable bonds is 4. The average molecular weight is 300 g/mol. The van der Waals surface area contributed by atoms with Crippen LogP contribution in [0.15, 0.2) is 28.1 Å². The lowest BCUT2D eigenvalue weighted by molar-refractivity contribution is -0.0973. The summed E-state index contributed by atoms with van der Waals surface area (Å²) in [7, 11) is 0. The van der Waals surface area contributed by atoms with Gasteiger partial charge in [0.25, 0.3) is 5.56 Å². The van der Waals surface area contributed by atoms with Crippen LogP contribution in [0.3, 0.4) is 0 Å². The summed E-state index contributed by atoms with van der Waals surface area (Å²) in [6, 6.07) is 0. The minimum Gasteiger partial charge on any atom is -0.516 e. The van der Waals surface area contributed by atoms with Gasteiger partial charge in [-0.15, -0.1) is 0 Å². The highest BCUT2D eigenvalue weighted by molar-refractivity contribution is 5.23. The van der Waals surface area contributed by atoms with Crippen molar-refractivity contribution in [3.05, 3.63) is 44.9 Å². The maximum Gasteiger partial charge on any atom is 0.325 e. The van der Waals surface area contributed by atoms with Gasteiger partial charge >= 0.3 is 5.69 Å². The first-order chi connectivity index (χ1) is 9.96. The Morgan fingerprint density at radius 2 is 2.10 bits per heavy atom. The van der Waals surface area contributed by atoms with Crippen LogP contribution in [0.4, 0.5) is 0 Å². The predicted octanol–water partition coefficient (Wildman–Crippen LogP) is -2.17. The first-order valence-corrected chi connectivity index (χ1v) is 6.22. The van der Waals surface area contributed by atoms with Crippen LogP contribution in [0.2, 0.25) is 0 Å². The van der Waals surface area contributed by atoms with Crippen LogP contribution < -0.4 is 11.2 Å². The lowest BCUT2D eigenvalue weighted by Crippen LogP contribution is -2.45. The molecule has 21 heavy (non-hydrogen) atoms. The van der Waals surface area contributed by atoms with Gasteiger partial charge in [0.2, 0.25) is 0 Å². The van der Waals surface area contributed by atoms with E-state index in [0.717, 1.165) is 6.20 Å². The maximum atomic E-state index is 11.9. The highest BCUT2D eigenvalue weighted by Gasteiger charge is 2.55. The van der Waals surface area contributed by atoms with Gasteiger partial charge < -0.3 is 30.1 Å². The Morgan fingerprint density at radius 1 is 1.38 bits per heavy atom. The van der Waals surface area contributed by atoms with Crippen molar-refractivity contribution in [2.75, 3.05) is 6.61 Å². The molecule has 0 saturated carbocycles. The highest BCUT2D eigenvalue weighted by Crippen LogP contribution is 2.41. The van der Waals surface area contributed by atoms with E-state index in [1.165, 1.54) is 6.08 Å². The summed E-state index contributed by atoms with van der Waals surface area (Å²) in [5.74, 6) is 0. The zero-order chi connectivity index (χ0) is 15.6. The second-order valence-corrected chi connectivity index (χ2v) is 4.74. The Hall–Kier alpha value is -1.94. The van der Waals surface area contributed by atoms with Gasteiger partial charge in [0.15, 0.2) is 0 Å². The molecule has 0 amide bonds. The number of hydrogen-bond donors (Lipinski definition) is 6. The molecule has 6 N–H and O–H groups in total. The lowest BCUT2D eigenvalue weighted by Gasteiger charge is -2.30. The molecule has 1 saturated heterocycles. The van der Waals surface area contributed by atoms with Gasteiger partial charge in [-0.3, -0.25) is 9.78 Å². The monoisotopic (exact) mass is 300 g/mol. The summed E-state index contributed by atoms with van der Waals surface area (Å²) >= 11 is 0. The molecule has 9 heteroatoms. The van der Waals surface area contributed by atoms with Gasteiger partial charge in [-0.2, -0.15) is 0 Å². The highest BCUT2D eigenvalue weighted by atomic mass is 16.6. The Kier molecular flexibility index (Phi) is 4.28.